The number of carbonyl (C=O) groups excluding carboxylic acids is 1. The number of amides is 1. The van der Waals surface area contributed by atoms with Gasteiger partial charge in [0.1, 0.15) is 11.9 Å². The van der Waals surface area contributed by atoms with Crippen LogP contribution in [0.1, 0.15) is 52.3 Å². The molecule has 0 spiro atoms. The molecule has 2 aliphatic rings. The van der Waals surface area contributed by atoms with Gasteiger partial charge in [0.2, 0.25) is 17.6 Å². The number of carbonyl (C=O) groups is 1. The Morgan fingerprint density at radius 1 is 1.32 bits per heavy atom. The number of nitrogens with zero attached hydrogens (tertiary/aromatic N) is 4. The average Bonchev–Trinajstić information content (AvgIpc) is 3.47. The van der Waals surface area contributed by atoms with E-state index in [2.05, 4.69) is 42.3 Å². The lowest BCUT2D eigenvalue weighted by molar-refractivity contribution is -0.130. The van der Waals surface area contributed by atoms with E-state index in [1.54, 1.807) is 17.0 Å². The molecule has 31 heavy (non-hydrogen) atoms. The number of likely N-dealkylation sites (tertiary alicyclic amines) is 1. The molecule has 164 valence electrons. The molecule has 4 rings (SSSR count). The maximum atomic E-state index is 13.2. The van der Waals surface area contributed by atoms with E-state index >= 15 is 0 Å². The van der Waals surface area contributed by atoms with Crippen LogP contribution in [-0.2, 0) is 10.2 Å². The summed E-state index contributed by atoms with van der Waals surface area (Å²) in [5.74, 6) is 0.659. The Hall–Kier alpha value is -2.79. The highest BCUT2D eigenvalue weighted by Crippen LogP contribution is 2.53. The Balaban J connectivity index is 1.46. The van der Waals surface area contributed by atoms with Gasteiger partial charge in [0.15, 0.2) is 0 Å². The van der Waals surface area contributed by atoms with Crippen LogP contribution in [0.2, 0.25) is 0 Å². The van der Waals surface area contributed by atoms with Crippen molar-refractivity contribution in [3.05, 3.63) is 36.0 Å². The molecule has 1 saturated heterocycles. The molecular formula is C23H28FN5O2. The van der Waals surface area contributed by atoms with Crippen LogP contribution in [-0.4, -0.2) is 46.1 Å². The predicted molar refractivity (Wildman–Crippen MR) is 112 cm³/mol. The number of hydrogen-bond donors (Lipinski definition) is 1. The van der Waals surface area contributed by atoms with Crippen LogP contribution >= 0.6 is 0 Å². The molecule has 2 aromatic rings. The predicted octanol–water partition coefficient (Wildman–Crippen LogP) is 3.43. The van der Waals surface area contributed by atoms with Crippen molar-refractivity contribution in [2.45, 2.75) is 64.0 Å². The molecular weight excluding hydrogens is 397 g/mol. The molecule has 1 aliphatic carbocycles. The molecule has 2 heterocycles. The summed E-state index contributed by atoms with van der Waals surface area (Å²) >= 11 is 0. The molecule has 1 amide bonds. The number of nitrogens with one attached hydrogen (secondary N) is 1. The van der Waals surface area contributed by atoms with Crippen molar-refractivity contribution in [1.82, 2.24) is 20.4 Å². The Bertz CT molecular complexity index is 996. The lowest BCUT2D eigenvalue weighted by Gasteiger charge is -2.39. The van der Waals surface area contributed by atoms with E-state index in [1.165, 1.54) is 12.1 Å². The highest BCUT2D eigenvalue weighted by atomic mass is 19.1. The first-order valence-corrected chi connectivity index (χ1v) is 10.8. The third kappa shape index (κ3) is 3.72. The summed E-state index contributed by atoms with van der Waals surface area (Å²) in [6.07, 6.45) is 3.33. The van der Waals surface area contributed by atoms with Crippen molar-refractivity contribution in [1.29, 1.82) is 5.26 Å². The van der Waals surface area contributed by atoms with E-state index in [9.17, 15) is 14.4 Å². The maximum Gasteiger partial charge on any atom is 0.237 e. The summed E-state index contributed by atoms with van der Waals surface area (Å²) < 4.78 is 18.9. The largest absolute Gasteiger partial charge is 0.338 e. The molecule has 1 aromatic heterocycles. The third-order valence-corrected chi connectivity index (χ3v) is 7.45. The van der Waals surface area contributed by atoms with Crippen LogP contribution in [0.25, 0.3) is 11.4 Å². The van der Waals surface area contributed by atoms with Gasteiger partial charge in [-0.15, -0.1) is 0 Å². The van der Waals surface area contributed by atoms with E-state index < -0.39 is 0 Å². The van der Waals surface area contributed by atoms with Gasteiger partial charge in [-0.1, -0.05) is 25.9 Å². The quantitative estimate of drug-likeness (QED) is 0.789. The Morgan fingerprint density at radius 2 is 2.06 bits per heavy atom. The van der Waals surface area contributed by atoms with Crippen LogP contribution in [0.5, 0.6) is 0 Å². The second-order valence-corrected chi connectivity index (χ2v) is 9.33. The lowest BCUT2D eigenvalue weighted by Crippen LogP contribution is -2.50. The van der Waals surface area contributed by atoms with Gasteiger partial charge in [-0.3, -0.25) is 4.79 Å². The number of aromatic nitrogens is 2. The van der Waals surface area contributed by atoms with Crippen LogP contribution in [0, 0.1) is 22.6 Å². The van der Waals surface area contributed by atoms with E-state index in [4.69, 9.17) is 4.52 Å². The van der Waals surface area contributed by atoms with E-state index in [0.29, 0.717) is 23.8 Å². The topological polar surface area (TPSA) is 95.1 Å². The number of hydrogen-bond acceptors (Lipinski definition) is 6. The first kappa shape index (κ1) is 21.4. The fraction of sp³-hybridized carbons (Fsp3) is 0.565. The van der Waals surface area contributed by atoms with Crippen molar-refractivity contribution in [2.24, 2.45) is 5.41 Å². The summed E-state index contributed by atoms with van der Waals surface area (Å²) in [4.78, 5) is 19.0. The van der Waals surface area contributed by atoms with Gasteiger partial charge in [-0.05, 0) is 55.4 Å². The molecule has 0 bridgehead atoms. The van der Waals surface area contributed by atoms with Gasteiger partial charge in [0, 0.05) is 18.2 Å². The van der Waals surface area contributed by atoms with Crippen molar-refractivity contribution >= 4 is 5.91 Å². The van der Waals surface area contributed by atoms with E-state index in [-0.39, 0.29) is 41.2 Å². The van der Waals surface area contributed by atoms with Crippen LogP contribution in [0.4, 0.5) is 4.39 Å². The molecule has 0 radical (unpaired) electrons. The molecule has 8 heteroatoms. The Labute approximate surface area is 181 Å². The van der Waals surface area contributed by atoms with Crippen molar-refractivity contribution in [3.63, 3.8) is 0 Å². The van der Waals surface area contributed by atoms with Crippen LogP contribution < -0.4 is 5.32 Å². The third-order valence-electron chi connectivity index (χ3n) is 7.45. The van der Waals surface area contributed by atoms with Gasteiger partial charge >= 0.3 is 0 Å². The van der Waals surface area contributed by atoms with Gasteiger partial charge < -0.3 is 14.7 Å². The summed E-state index contributed by atoms with van der Waals surface area (Å²) in [6, 6.07) is 8.02. The Kier molecular flexibility index (Phi) is 5.56. The minimum Gasteiger partial charge on any atom is -0.338 e. The van der Waals surface area contributed by atoms with Gasteiger partial charge in [0.05, 0.1) is 18.0 Å². The second kappa shape index (κ2) is 8.04. The minimum absolute atomic E-state index is 0.0233. The van der Waals surface area contributed by atoms with E-state index in [1.807, 2.05) is 0 Å². The average molecular weight is 426 g/mol. The van der Waals surface area contributed by atoms with Crippen molar-refractivity contribution < 1.29 is 13.7 Å². The molecule has 3 atom stereocenters. The van der Waals surface area contributed by atoms with Gasteiger partial charge in [-0.2, -0.15) is 10.2 Å². The summed E-state index contributed by atoms with van der Waals surface area (Å²) in [6.45, 7) is 7.28. The molecule has 1 saturated carbocycles. The first-order chi connectivity index (χ1) is 14.8. The molecule has 1 aliphatic heterocycles. The maximum absolute atomic E-state index is 13.2. The number of benzene rings is 1. The number of halogens is 1. The lowest BCUT2D eigenvalue weighted by atomic mass is 9.67. The molecule has 2 fully saturated rings. The minimum atomic E-state index is -0.373. The van der Waals surface area contributed by atoms with Crippen molar-refractivity contribution in [2.75, 3.05) is 13.1 Å². The molecule has 7 nitrogen and oxygen atoms in total. The van der Waals surface area contributed by atoms with Gasteiger partial charge in [0.25, 0.3) is 0 Å². The summed E-state index contributed by atoms with van der Waals surface area (Å²) in [7, 11) is 0. The van der Waals surface area contributed by atoms with Crippen LogP contribution in [0.15, 0.2) is 28.8 Å². The zero-order valence-corrected chi connectivity index (χ0v) is 18.2. The summed E-state index contributed by atoms with van der Waals surface area (Å²) in [5.41, 5.74) is 0.0789. The zero-order valence-electron chi connectivity index (χ0n) is 18.2. The fourth-order valence-electron chi connectivity index (χ4n) is 4.92. The van der Waals surface area contributed by atoms with Gasteiger partial charge in [-0.25, -0.2) is 4.39 Å². The SMILES string of the molecule is CC1(C)[C@@H](NCC(=O)N2CCC[C@H]2C#N)CC[C@@]1(C)c1nc(-c2ccc(F)cc2)no1. The number of rotatable bonds is 5. The summed E-state index contributed by atoms with van der Waals surface area (Å²) in [5, 5.41) is 16.8. The standard InChI is InChI=1S/C23H28FN5O2/c1-22(2)18(26-14-19(30)29-12-4-5-17(29)13-25)10-11-23(22,3)21-27-20(28-31-21)15-6-8-16(24)9-7-15/h6-9,17-18,26H,4-5,10-12,14H2,1-3H3/t17-,18-,23-/m0/s1. The molecule has 0 unspecified atom stereocenters. The highest BCUT2D eigenvalue weighted by molar-refractivity contribution is 5.79. The molecule has 1 N–H and O–H groups in total. The second-order valence-electron chi connectivity index (χ2n) is 9.33. The monoisotopic (exact) mass is 425 g/mol. The smallest absolute Gasteiger partial charge is 0.237 e. The normalized spacial score (nSPS) is 27.4. The highest BCUT2D eigenvalue weighted by Gasteiger charge is 2.55. The van der Waals surface area contributed by atoms with Crippen LogP contribution in [0.3, 0.4) is 0 Å². The van der Waals surface area contributed by atoms with E-state index in [0.717, 1.165) is 25.7 Å². The Morgan fingerprint density at radius 3 is 2.77 bits per heavy atom. The molecule has 1 aromatic carbocycles. The first-order valence-electron chi connectivity index (χ1n) is 10.8. The number of nitriles is 1. The fourth-order valence-corrected chi connectivity index (χ4v) is 4.92. The van der Waals surface area contributed by atoms with Crippen molar-refractivity contribution in [3.8, 4) is 17.5 Å². The zero-order chi connectivity index (χ0) is 22.2.